The molecule has 0 spiro atoms. The first-order chi connectivity index (χ1) is 45.1. The maximum Gasteiger partial charge on any atom is 0.361 e. The lowest BCUT2D eigenvalue weighted by Gasteiger charge is -2.25. The molecule has 0 heterocycles. The number of carboxylic acid groups (broad SMARTS) is 1. The molecule has 0 bridgehead atoms. The van der Waals surface area contributed by atoms with Crippen molar-refractivity contribution in [3.8, 4) is 0 Å². The van der Waals surface area contributed by atoms with Crippen molar-refractivity contribution < 1.29 is 42.9 Å². The standard InChI is InChI=1S/C83H145NO8/c1-6-8-10-12-14-16-18-20-22-24-26-28-30-32-34-35-36-37-38-39-40-41-42-43-44-45-46-47-48-50-52-54-56-58-60-62-64-66-68-70-72-74-81(86)92-79(78-91-83(82(87)88)89-76-75-84(3,4)5)77-90-80(85)73-71-69-67-65-63-61-59-57-55-53-51-49-33-31-29-27-25-23-21-19-17-15-13-11-9-7-2/h8,10,14,16,20,22,26,28,32,34,36-37,39-40,42-43,45-46,79,83H,6-7,9,11-13,15,17-19,21,23-25,27,29-31,33,35,38,41,44,47-78H2,1-5H3/p+1/b10-8-,16-14-,22-20-,28-26-,34-32-,37-36-,40-39-,43-42-,46-45-. The van der Waals surface area contributed by atoms with E-state index in [1.54, 1.807) is 0 Å². The van der Waals surface area contributed by atoms with Gasteiger partial charge in [0.05, 0.1) is 34.4 Å². The average Bonchev–Trinajstić information content (AvgIpc) is 3.70. The third-order valence-electron chi connectivity index (χ3n) is 16.8. The van der Waals surface area contributed by atoms with Crippen LogP contribution in [-0.2, 0) is 33.3 Å². The maximum absolute atomic E-state index is 13.0. The first-order valence-corrected chi connectivity index (χ1v) is 38.6. The summed E-state index contributed by atoms with van der Waals surface area (Å²) in [7, 11) is 5.99. The van der Waals surface area contributed by atoms with E-state index in [4.69, 9.17) is 18.9 Å². The van der Waals surface area contributed by atoms with Gasteiger partial charge in [0.15, 0.2) is 6.10 Å². The summed E-state index contributed by atoms with van der Waals surface area (Å²) in [6.07, 6.45) is 99.4. The number of unbranched alkanes of at least 4 members (excludes halogenated alkanes) is 38. The van der Waals surface area contributed by atoms with Gasteiger partial charge in [-0.2, -0.15) is 0 Å². The van der Waals surface area contributed by atoms with E-state index in [0.717, 1.165) is 103 Å². The van der Waals surface area contributed by atoms with Crippen molar-refractivity contribution >= 4 is 17.9 Å². The average molecular weight is 1290 g/mol. The highest BCUT2D eigenvalue weighted by Crippen LogP contribution is 2.19. The van der Waals surface area contributed by atoms with Gasteiger partial charge >= 0.3 is 17.9 Å². The van der Waals surface area contributed by atoms with E-state index in [-0.39, 0.29) is 32.2 Å². The van der Waals surface area contributed by atoms with Crippen LogP contribution in [0.2, 0.25) is 0 Å². The number of nitrogens with zero attached hydrogens (tertiary/aromatic N) is 1. The number of aliphatic carboxylic acids is 1. The normalized spacial score (nSPS) is 13.3. The Labute approximate surface area is 568 Å². The summed E-state index contributed by atoms with van der Waals surface area (Å²) in [4.78, 5) is 37.7. The van der Waals surface area contributed by atoms with Crippen molar-refractivity contribution in [2.45, 2.75) is 354 Å². The molecule has 0 aromatic rings. The minimum Gasteiger partial charge on any atom is -0.477 e. The lowest BCUT2D eigenvalue weighted by Crippen LogP contribution is -2.40. The quantitative estimate of drug-likeness (QED) is 0.0211. The highest BCUT2D eigenvalue weighted by molar-refractivity contribution is 5.71. The number of hydrogen-bond donors (Lipinski definition) is 1. The van der Waals surface area contributed by atoms with Gasteiger partial charge in [0.25, 0.3) is 6.29 Å². The zero-order valence-corrected chi connectivity index (χ0v) is 60.7. The Bertz CT molecular complexity index is 1880. The molecule has 92 heavy (non-hydrogen) atoms. The second kappa shape index (κ2) is 72.8. The molecule has 0 aliphatic rings. The third-order valence-corrected chi connectivity index (χ3v) is 16.8. The summed E-state index contributed by atoms with van der Waals surface area (Å²) in [5.74, 6) is -1.99. The summed E-state index contributed by atoms with van der Waals surface area (Å²) in [5, 5.41) is 9.76. The van der Waals surface area contributed by atoms with Crippen LogP contribution in [0.4, 0.5) is 0 Å². The highest BCUT2D eigenvalue weighted by atomic mass is 16.7. The molecule has 0 rings (SSSR count). The Kier molecular flexibility index (Phi) is 69.6. The first kappa shape index (κ1) is 88.0. The van der Waals surface area contributed by atoms with Gasteiger partial charge < -0.3 is 28.5 Å². The van der Waals surface area contributed by atoms with Crippen LogP contribution >= 0.6 is 0 Å². The number of hydrogen-bond acceptors (Lipinski definition) is 7. The first-order valence-electron chi connectivity index (χ1n) is 38.6. The fraction of sp³-hybridized carbons (Fsp3) is 0.747. The number of ether oxygens (including phenoxy) is 4. The summed E-state index contributed by atoms with van der Waals surface area (Å²) < 4.78 is 23.0. The number of quaternary nitrogens is 1. The number of carbonyl (C=O) groups excluding carboxylic acids is 2. The Balaban J connectivity index is 4.06. The Morgan fingerprint density at radius 1 is 0.337 bits per heavy atom. The van der Waals surface area contributed by atoms with Crippen LogP contribution in [0.25, 0.3) is 0 Å². The number of allylic oxidation sites excluding steroid dienone is 18. The van der Waals surface area contributed by atoms with E-state index in [1.807, 2.05) is 21.1 Å². The largest absolute Gasteiger partial charge is 0.477 e. The summed E-state index contributed by atoms with van der Waals surface area (Å²) >= 11 is 0. The van der Waals surface area contributed by atoms with Crippen LogP contribution < -0.4 is 0 Å². The van der Waals surface area contributed by atoms with Crippen LogP contribution in [0, 0.1) is 0 Å². The lowest BCUT2D eigenvalue weighted by molar-refractivity contribution is -0.870. The predicted molar refractivity (Wildman–Crippen MR) is 396 cm³/mol. The van der Waals surface area contributed by atoms with Crippen molar-refractivity contribution in [2.24, 2.45) is 0 Å². The molecule has 530 valence electrons. The van der Waals surface area contributed by atoms with Gasteiger partial charge in [0.2, 0.25) is 0 Å². The van der Waals surface area contributed by atoms with Gasteiger partial charge in [-0.25, -0.2) is 4.79 Å². The molecule has 0 amide bonds. The number of likely N-dealkylation sites (N-methyl/N-ethyl adjacent to an activating group) is 1. The van der Waals surface area contributed by atoms with E-state index in [9.17, 15) is 19.5 Å². The monoisotopic (exact) mass is 1290 g/mol. The van der Waals surface area contributed by atoms with E-state index in [0.29, 0.717) is 17.4 Å². The topological polar surface area (TPSA) is 108 Å². The van der Waals surface area contributed by atoms with Crippen LogP contribution in [0.3, 0.4) is 0 Å². The minimum atomic E-state index is -1.51. The van der Waals surface area contributed by atoms with Gasteiger partial charge in [0.1, 0.15) is 13.2 Å². The molecule has 9 nitrogen and oxygen atoms in total. The molecule has 0 fully saturated rings. The maximum atomic E-state index is 13.0. The van der Waals surface area contributed by atoms with Crippen molar-refractivity contribution in [3.05, 3.63) is 109 Å². The van der Waals surface area contributed by atoms with Gasteiger partial charge in [0, 0.05) is 12.8 Å². The molecule has 1 N–H and O–H groups in total. The second-order valence-electron chi connectivity index (χ2n) is 26.9. The predicted octanol–water partition coefficient (Wildman–Crippen LogP) is 24.5. The van der Waals surface area contributed by atoms with Gasteiger partial charge in [-0.1, -0.05) is 354 Å². The van der Waals surface area contributed by atoms with Crippen LogP contribution in [-0.4, -0.2) is 87.4 Å². The third kappa shape index (κ3) is 73.4. The zero-order valence-electron chi connectivity index (χ0n) is 60.7. The summed E-state index contributed by atoms with van der Waals surface area (Å²) in [6, 6.07) is 0. The molecular weight excluding hydrogens is 1140 g/mol. The van der Waals surface area contributed by atoms with Crippen molar-refractivity contribution in [1.82, 2.24) is 0 Å². The molecule has 9 heteroatoms. The molecule has 0 saturated heterocycles. The molecule has 0 aromatic carbocycles. The van der Waals surface area contributed by atoms with Gasteiger partial charge in [-0.3, -0.25) is 9.59 Å². The van der Waals surface area contributed by atoms with E-state index in [2.05, 4.69) is 123 Å². The zero-order chi connectivity index (χ0) is 66.8. The Hall–Kier alpha value is -4.05. The number of carbonyl (C=O) groups is 3. The summed E-state index contributed by atoms with van der Waals surface area (Å²) in [5.41, 5.74) is 0. The molecule has 0 saturated carbocycles. The van der Waals surface area contributed by atoms with Crippen molar-refractivity contribution in [1.29, 1.82) is 0 Å². The van der Waals surface area contributed by atoms with E-state index < -0.39 is 24.3 Å². The van der Waals surface area contributed by atoms with Gasteiger partial charge in [-0.15, -0.1) is 0 Å². The van der Waals surface area contributed by atoms with E-state index in [1.165, 1.54) is 212 Å². The minimum absolute atomic E-state index is 0.182. The van der Waals surface area contributed by atoms with Gasteiger partial charge in [-0.05, 0) is 83.5 Å². The molecule has 0 radical (unpaired) electrons. The fourth-order valence-electron chi connectivity index (χ4n) is 11.0. The molecule has 2 atom stereocenters. The van der Waals surface area contributed by atoms with Crippen LogP contribution in [0.15, 0.2) is 109 Å². The molecule has 2 unspecified atom stereocenters. The second-order valence-corrected chi connectivity index (χ2v) is 26.9. The fourth-order valence-corrected chi connectivity index (χ4v) is 11.0. The van der Waals surface area contributed by atoms with Crippen molar-refractivity contribution in [2.75, 3.05) is 47.5 Å². The molecule has 0 aliphatic carbocycles. The highest BCUT2D eigenvalue weighted by Gasteiger charge is 2.25. The Morgan fingerprint density at radius 2 is 0.620 bits per heavy atom. The summed E-state index contributed by atoms with van der Waals surface area (Å²) in [6.45, 7) is 4.81. The Morgan fingerprint density at radius 3 is 0.924 bits per heavy atom. The SMILES string of the molecule is CC/C=C\C/C=C\C/C=C\C/C=C\C/C=C\C/C=C\C/C=C\C/C=C\C/C=C\CCCCCCCCCCCCCCCC(=O)OC(COC(=O)CCCCCCCCCCCCCCCCCCCCCCCCCCCC)COC(OCC[N+](C)(C)C)C(=O)O. The molecule has 0 aromatic heterocycles. The number of rotatable bonds is 71. The molecule has 0 aliphatic heterocycles. The van der Waals surface area contributed by atoms with E-state index >= 15 is 0 Å². The van der Waals surface area contributed by atoms with Crippen LogP contribution in [0.1, 0.15) is 341 Å². The number of esters is 2. The smallest absolute Gasteiger partial charge is 0.361 e. The molecular formula is C83H146NO8+. The van der Waals surface area contributed by atoms with Crippen molar-refractivity contribution in [3.63, 3.8) is 0 Å². The number of carboxylic acids is 1. The van der Waals surface area contributed by atoms with Crippen LogP contribution in [0.5, 0.6) is 0 Å². The lowest BCUT2D eigenvalue weighted by atomic mass is 10.0.